The summed E-state index contributed by atoms with van der Waals surface area (Å²) in [6.07, 6.45) is 1.83. The fourth-order valence-corrected chi connectivity index (χ4v) is 1.85. The molecule has 3 nitrogen and oxygen atoms in total. The molecule has 0 amide bonds. The van der Waals surface area contributed by atoms with Crippen molar-refractivity contribution < 1.29 is 4.39 Å². The van der Waals surface area contributed by atoms with Gasteiger partial charge in [-0.15, -0.1) is 0 Å². The van der Waals surface area contributed by atoms with E-state index in [1.54, 1.807) is 10.7 Å². The predicted molar refractivity (Wildman–Crippen MR) is 74.9 cm³/mol. The summed E-state index contributed by atoms with van der Waals surface area (Å²) < 4.78 is 15.0. The molecule has 1 N–H and O–H groups in total. The summed E-state index contributed by atoms with van der Waals surface area (Å²) in [7, 11) is 0. The van der Waals surface area contributed by atoms with E-state index in [4.69, 9.17) is 0 Å². The molecule has 0 atom stereocenters. The zero-order valence-electron chi connectivity index (χ0n) is 11.9. The van der Waals surface area contributed by atoms with Crippen molar-refractivity contribution in [3.63, 3.8) is 0 Å². The van der Waals surface area contributed by atoms with Gasteiger partial charge < -0.3 is 5.32 Å². The summed E-state index contributed by atoms with van der Waals surface area (Å²) in [4.78, 5) is 0. The molecule has 1 aromatic heterocycles. The Bertz CT molecular complexity index is 567. The Hall–Kier alpha value is -1.68. The van der Waals surface area contributed by atoms with E-state index in [-0.39, 0.29) is 11.4 Å². The van der Waals surface area contributed by atoms with E-state index in [2.05, 4.69) is 31.2 Å². The first-order chi connectivity index (χ1) is 8.87. The average molecular weight is 261 g/mol. The lowest BCUT2D eigenvalue weighted by molar-refractivity contribution is 0.424. The highest BCUT2D eigenvalue weighted by molar-refractivity contribution is 5.35. The normalized spacial score (nSPS) is 11.8. The highest BCUT2D eigenvalue weighted by atomic mass is 19.1. The number of rotatable bonds is 3. The first-order valence-electron chi connectivity index (χ1n) is 6.41. The lowest BCUT2D eigenvalue weighted by Gasteiger charge is -2.20. The van der Waals surface area contributed by atoms with Crippen molar-refractivity contribution in [1.29, 1.82) is 0 Å². The topological polar surface area (TPSA) is 29.9 Å². The van der Waals surface area contributed by atoms with E-state index >= 15 is 0 Å². The van der Waals surface area contributed by atoms with Gasteiger partial charge in [0.1, 0.15) is 5.82 Å². The largest absolute Gasteiger partial charge is 0.308 e. The summed E-state index contributed by atoms with van der Waals surface area (Å²) in [5.74, 6) is -0.248. The first kappa shape index (κ1) is 13.7. The lowest BCUT2D eigenvalue weighted by atomic mass is 10.1. The standard InChI is InChI=1S/C15H20FN3/c1-11-12(9-17-15(2,3)4)10-18-19(11)14-7-5-6-13(16)8-14/h5-8,10,17H,9H2,1-4H3. The van der Waals surface area contributed by atoms with Gasteiger partial charge in [0.25, 0.3) is 0 Å². The van der Waals surface area contributed by atoms with Gasteiger partial charge in [0.15, 0.2) is 0 Å². The summed E-state index contributed by atoms with van der Waals surface area (Å²) in [6.45, 7) is 9.13. The van der Waals surface area contributed by atoms with Crippen molar-refractivity contribution >= 4 is 0 Å². The van der Waals surface area contributed by atoms with Gasteiger partial charge >= 0.3 is 0 Å². The second-order valence-corrected chi connectivity index (χ2v) is 5.75. The van der Waals surface area contributed by atoms with Crippen molar-refractivity contribution in [2.75, 3.05) is 0 Å². The van der Waals surface area contributed by atoms with Crippen LogP contribution in [0.1, 0.15) is 32.0 Å². The fourth-order valence-electron chi connectivity index (χ4n) is 1.85. The zero-order valence-corrected chi connectivity index (χ0v) is 11.9. The molecule has 1 aromatic carbocycles. The third-order valence-electron chi connectivity index (χ3n) is 2.97. The molecule has 0 aliphatic rings. The molecule has 4 heteroatoms. The predicted octanol–water partition coefficient (Wildman–Crippen LogP) is 3.21. The van der Waals surface area contributed by atoms with Crippen LogP contribution in [0.5, 0.6) is 0 Å². The molecule has 0 unspecified atom stereocenters. The van der Waals surface area contributed by atoms with E-state index < -0.39 is 0 Å². The van der Waals surface area contributed by atoms with Crippen molar-refractivity contribution in [3.8, 4) is 5.69 Å². The third-order valence-corrected chi connectivity index (χ3v) is 2.97. The van der Waals surface area contributed by atoms with Crippen LogP contribution in [0.25, 0.3) is 5.69 Å². The summed E-state index contributed by atoms with van der Waals surface area (Å²) in [5, 5.41) is 7.77. The number of aromatic nitrogens is 2. The SMILES string of the molecule is Cc1c(CNC(C)(C)C)cnn1-c1cccc(F)c1. The van der Waals surface area contributed by atoms with Crippen molar-refractivity contribution in [1.82, 2.24) is 15.1 Å². The number of hydrogen-bond donors (Lipinski definition) is 1. The minimum atomic E-state index is -0.248. The zero-order chi connectivity index (χ0) is 14.0. The molecule has 2 aromatic rings. The Balaban J connectivity index is 2.23. The van der Waals surface area contributed by atoms with Crippen molar-refractivity contribution in [2.45, 2.75) is 39.8 Å². The molecule has 0 radical (unpaired) electrons. The first-order valence-corrected chi connectivity index (χ1v) is 6.41. The number of hydrogen-bond acceptors (Lipinski definition) is 2. The van der Waals surface area contributed by atoms with Crippen LogP contribution < -0.4 is 5.32 Å². The number of halogens is 1. The maximum absolute atomic E-state index is 13.2. The number of nitrogens with one attached hydrogen (secondary N) is 1. The highest BCUT2D eigenvalue weighted by Crippen LogP contribution is 2.15. The molecule has 0 aliphatic carbocycles. The van der Waals surface area contributed by atoms with Crippen molar-refractivity contribution in [3.05, 3.63) is 47.5 Å². The van der Waals surface area contributed by atoms with E-state index in [0.717, 1.165) is 23.5 Å². The van der Waals surface area contributed by atoms with Crippen LogP contribution in [0.3, 0.4) is 0 Å². The van der Waals surface area contributed by atoms with Gasteiger partial charge in [-0.3, -0.25) is 0 Å². The van der Waals surface area contributed by atoms with Crippen LogP contribution in [0.2, 0.25) is 0 Å². The Morgan fingerprint density at radius 3 is 2.68 bits per heavy atom. The van der Waals surface area contributed by atoms with E-state index in [1.165, 1.54) is 12.1 Å². The van der Waals surface area contributed by atoms with Crippen LogP contribution in [0, 0.1) is 12.7 Å². The fraction of sp³-hybridized carbons (Fsp3) is 0.400. The Kier molecular flexibility index (Phi) is 3.71. The molecule has 1 heterocycles. The summed E-state index contributed by atoms with van der Waals surface area (Å²) in [5.41, 5.74) is 2.97. The summed E-state index contributed by atoms with van der Waals surface area (Å²) in [6, 6.07) is 6.47. The van der Waals surface area contributed by atoms with Crippen LogP contribution in [-0.4, -0.2) is 15.3 Å². The van der Waals surface area contributed by atoms with Gasteiger partial charge in [-0.2, -0.15) is 5.10 Å². The molecule has 0 saturated heterocycles. The Morgan fingerprint density at radius 2 is 2.05 bits per heavy atom. The third kappa shape index (κ3) is 3.41. The van der Waals surface area contributed by atoms with E-state index in [0.29, 0.717) is 0 Å². The van der Waals surface area contributed by atoms with E-state index in [1.807, 2.05) is 19.2 Å². The molecule has 0 spiro atoms. The van der Waals surface area contributed by atoms with Crippen LogP contribution in [-0.2, 0) is 6.54 Å². The molecule has 0 bridgehead atoms. The maximum Gasteiger partial charge on any atom is 0.125 e. The second-order valence-electron chi connectivity index (χ2n) is 5.75. The summed E-state index contributed by atoms with van der Waals surface area (Å²) >= 11 is 0. The average Bonchev–Trinajstić information content (AvgIpc) is 2.67. The molecular formula is C15H20FN3. The van der Waals surface area contributed by atoms with Gasteiger partial charge in [0.2, 0.25) is 0 Å². The minimum Gasteiger partial charge on any atom is -0.308 e. The Labute approximate surface area is 113 Å². The van der Waals surface area contributed by atoms with Crippen LogP contribution in [0.4, 0.5) is 4.39 Å². The lowest BCUT2D eigenvalue weighted by Crippen LogP contribution is -2.35. The van der Waals surface area contributed by atoms with E-state index in [9.17, 15) is 4.39 Å². The van der Waals surface area contributed by atoms with Gasteiger partial charge in [-0.1, -0.05) is 6.07 Å². The van der Waals surface area contributed by atoms with Gasteiger partial charge in [-0.25, -0.2) is 9.07 Å². The van der Waals surface area contributed by atoms with Gasteiger partial charge in [0.05, 0.1) is 11.9 Å². The monoisotopic (exact) mass is 261 g/mol. The number of nitrogens with zero attached hydrogens (tertiary/aromatic N) is 2. The minimum absolute atomic E-state index is 0.0629. The highest BCUT2D eigenvalue weighted by Gasteiger charge is 2.12. The molecule has 0 fully saturated rings. The molecular weight excluding hydrogens is 241 g/mol. The molecule has 0 aliphatic heterocycles. The second kappa shape index (κ2) is 5.13. The van der Waals surface area contributed by atoms with Crippen molar-refractivity contribution in [2.24, 2.45) is 0 Å². The number of benzene rings is 1. The quantitative estimate of drug-likeness (QED) is 0.919. The van der Waals surface area contributed by atoms with Crippen LogP contribution >= 0.6 is 0 Å². The Morgan fingerprint density at radius 1 is 1.32 bits per heavy atom. The van der Waals surface area contributed by atoms with Crippen LogP contribution in [0.15, 0.2) is 30.5 Å². The molecule has 102 valence electrons. The van der Waals surface area contributed by atoms with Gasteiger partial charge in [-0.05, 0) is 45.9 Å². The molecule has 0 saturated carbocycles. The molecule has 19 heavy (non-hydrogen) atoms. The maximum atomic E-state index is 13.2. The molecule has 2 rings (SSSR count). The smallest absolute Gasteiger partial charge is 0.125 e. The van der Waals surface area contributed by atoms with Gasteiger partial charge in [0, 0.05) is 23.3 Å².